The van der Waals surface area contributed by atoms with Gasteiger partial charge in [-0.2, -0.15) is 0 Å². The number of piperidine rings is 1. The molecule has 1 fully saturated rings. The summed E-state index contributed by atoms with van der Waals surface area (Å²) in [6, 6.07) is 5.57. The first-order chi connectivity index (χ1) is 11.0. The van der Waals surface area contributed by atoms with E-state index in [1.165, 1.54) is 6.42 Å². The van der Waals surface area contributed by atoms with Gasteiger partial charge >= 0.3 is 0 Å². The third-order valence-corrected chi connectivity index (χ3v) is 4.56. The molecule has 2 atom stereocenters. The number of aryl methyl sites for hydroxylation is 1. The zero-order valence-electron chi connectivity index (χ0n) is 13.8. The number of carbonyl (C=O) groups is 2. The summed E-state index contributed by atoms with van der Waals surface area (Å²) in [5.41, 5.74) is 1.91. The lowest BCUT2D eigenvalue weighted by Crippen LogP contribution is -2.44. The molecule has 2 heterocycles. The first-order valence-corrected chi connectivity index (χ1v) is 8.34. The number of anilines is 1. The lowest BCUT2D eigenvalue weighted by atomic mass is 9.92. The highest BCUT2D eigenvalue weighted by molar-refractivity contribution is 5.94. The zero-order chi connectivity index (χ0) is 16.4. The summed E-state index contributed by atoms with van der Waals surface area (Å²) in [5, 5.41) is 2.84. The smallest absolute Gasteiger partial charge is 0.260 e. The average molecular weight is 316 g/mol. The molecule has 23 heavy (non-hydrogen) atoms. The molecule has 1 N–H and O–H groups in total. The number of hydrogen-bond donors (Lipinski definition) is 1. The lowest BCUT2D eigenvalue weighted by molar-refractivity contribution is -0.136. The van der Waals surface area contributed by atoms with Crippen molar-refractivity contribution in [3.8, 4) is 5.75 Å². The van der Waals surface area contributed by atoms with Gasteiger partial charge in [0.25, 0.3) is 5.91 Å². The van der Waals surface area contributed by atoms with Crippen LogP contribution in [0.15, 0.2) is 18.2 Å². The Labute approximate surface area is 137 Å². The van der Waals surface area contributed by atoms with Gasteiger partial charge < -0.3 is 15.0 Å². The average Bonchev–Trinajstić information content (AvgIpc) is 2.51. The summed E-state index contributed by atoms with van der Waals surface area (Å²) in [4.78, 5) is 25.6. The molecule has 3 rings (SSSR count). The number of ether oxygens (including phenoxy) is 1. The third kappa shape index (κ3) is 3.84. The van der Waals surface area contributed by atoms with Crippen LogP contribution in [0.25, 0.3) is 0 Å². The van der Waals surface area contributed by atoms with Crippen molar-refractivity contribution in [1.29, 1.82) is 0 Å². The Hall–Kier alpha value is -2.04. The molecule has 2 aliphatic heterocycles. The number of fused-ring (bicyclic) bond motifs is 1. The van der Waals surface area contributed by atoms with E-state index in [-0.39, 0.29) is 18.4 Å². The van der Waals surface area contributed by atoms with Gasteiger partial charge in [0.2, 0.25) is 5.91 Å². The number of amides is 2. The van der Waals surface area contributed by atoms with Crippen molar-refractivity contribution in [2.45, 2.75) is 33.1 Å². The highest BCUT2D eigenvalue weighted by Crippen LogP contribution is 2.27. The summed E-state index contributed by atoms with van der Waals surface area (Å²) < 4.78 is 5.68. The van der Waals surface area contributed by atoms with Crippen molar-refractivity contribution in [1.82, 2.24) is 4.90 Å². The maximum atomic E-state index is 12.3. The van der Waals surface area contributed by atoms with Crippen LogP contribution in [0.3, 0.4) is 0 Å². The number of benzene rings is 1. The first kappa shape index (κ1) is 15.8. The van der Waals surface area contributed by atoms with Crippen LogP contribution in [-0.4, -0.2) is 36.4 Å². The largest absolute Gasteiger partial charge is 0.484 e. The minimum absolute atomic E-state index is 0.0504. The summed E-state index contributed by atoms with van der Waals surface area (Å²) in [6.45, 7) is 6.10. The van der Waals surface area contributed by atoms with Gasteiger partial charge in [-0.25, -0.2) is 0 Å². The number of rotatable bonds is 3. The molecule has 0 saturated carbocycles. The van der Waals surface area contributed by atoms with Crippen molar-refractivity contribution in [2.24, 2.45) is 11.8 Å². The number of nitrogens with zero attached hydrogens (tertiary/aromatic N) is 1. The van der Waals surface area contributed by atoms with Gasteiger partial charge in [-0.3, -0.25) is 9.59 Å². The molecule has 2 amide bonds. The second-order valence-electron chi connectivity index (χ2n) is 6.90. The molecule has 1 aromatic carbocycles. The van der Waals surface area contributed by atoms with Crippen LogP contribution in [0.5, 0.6) is 5.75 Å². The van der Waals surface area contributed by atoms with Gasteiger partial charge in [-0.1, -0.05) is 13.8 Å². The van der Waals surface area contributed by atoms with E-state index in [0.717, 1.165) is 24.3 Å². The Balaban J connectivity index is 1.58. The fraction of sp³-hybridized carbons (Fsp3) is 0.556. The van der Waals surface area contributed by atoms with Crippen molar-refractivity contribution in [3.05, 3.63) is 23.8 Å². The van der Waals surface area contributed by atoms with E-state index in [1.807, 2.05) is 17.0 Å². The van der Waals surface area contributed by atoms with Crippen LogP contribution < -0.4 is 10.1 Å². The quantitative estimate of drug-likeness (QED) is 0.932. The maximum absolute atomic E-state index is 12.3. The van der Waals surface area contributed by atoms with E-state index in [9.17, 15) is 9.59 Å². The highest BCUT2D eigenvalue weighted by atomic mass is 16.5. The molecular formula is C18H24N2O3. The monoisotopic (exact) mass is 316 g/mol. The Bertz CT molecular complexity index is 604. The molecular weight excluding hydrogens is 292 g/mol. The zero-order valence-corrected chi connectivity index (χ0v) is 13.8. The molecule has 2 aliphatic rings. The van der Waals surface area contributed by atoms with Gasteiger partial charge in [0, 0.05) is 25.2 Å². The van der Waals surface area contributed by atoms with E-state index < -0.39 is 0 Å². The first-order valence-electron chi connectivity index (χ1n) is 8.34. The number of carbonyl (C=O) groups excluding carboxylic acids is 2. The van der Waals surface area contributed by atoms with Gasteiger partial charge in [0.05, 0.1) is 0 Å². The molecule has 1 aromatic rings. The van der Waals surface area contributed by atoms with Crippen molar-refractivity contribution in [2.75, 3.05) is 25.0 Å². The summed E-state index contributed by atoms with van der Waals surface area (Å²) in [5.74, 6) is 1.89. The van der Waals surface area contributed by atoms with Gasteiger partial charge in [0.1, 0.15) is 5.75 Å². The molecule has 0 aromatic heterocycles. The second kappa shape index (κ2) is 6.60. The summed E-state index contributed by atoms with van der Waals surface area (Å²) in [7, 11) is 0. The Morgan fingerprint density at radius 1 is 1.26 bits per heavy atom. The van der Waals surface area contributed by atoms with Crippen molar-refractivity contribution >= 4 is 17.5 Å². The Kier molecular flexibility index (Phi) is 4.55. The van der Waals surface area contributed by atoms with Crippen LogP contribution in [-0.2, 0) is 16.0 Å². The van der Waals surface area contributed by atoms with Gasteiger partial charge in [-0.15, -0.1) is 0 Å². The van der Waals surface area contributed by atoms with Crippen LogP contribution in [0.1, 0.15) is 32.3 Å². The Morgan fingerprint density at radius 3 is 2.74 bits per heavy atom. The SMILES string of the molecule is CC1CC(C)CN(C(=O)COc2ccc3c(c2)CCC(=O)N3)C1. The second-order valence-corrected chi connectivity index (χ2v) is 6.90. The predicted octanol–water partition coefficient (Wildman–Crippen LogP) is 2.45. The maximum Gasteiger partial charge on any atom is 0.260 e. The molecule has 2 unspecified atom stereocenters. The lowest BCUT2D eigenvalue weighted by Gasteiger charge is -2.34. The molecule has 5 nitrogen and oxygen atoms in total. The fourth-order valence-electron chi connectivity index (χ4n) is 3.55. The molecule has 0 aliphatic carbocycles. The summed E-state index contributed by atoms with van der Waals surface area (Å²) in [6.07, 6.45) is 2.40. The molecule has 1 saturated heterocycles. The van der Waals surface area contributed by atoms with E-state index in [4.69, 9.17) is 4.74 Å². The number of hydrogen-bond acceptors (Lipinski definition) is 3. The van der Waals surface area contributed by atoms with Crippen molar-refractivity contribution in [3.63, 3.8) is 0 Å². The van der Waals surface area contributed by atoms with E-state index in [0.29, 0.717) is 30.4 Å². The van der Waals surface area contributed by atoms with E-state index in [1.54, 1.807) is 6.07 Å². The Morgan fingerprint density at radius 2 is 2.00 bits per heavy atom. The molecule has 124 valence electrons. The van der Waals surface area contributed by atoms with Crippen LogP contribution in [0.4, 0.5) is 5.69 Å². The van der Waals surface area contributed by atoms with Gasteiger partial charge in [-0.05, 0) is 48.4 Å². The standard InChI is InChI=1S/C18H24N2O3/c1-12-7-13(2)10-20(9-12)18(22)11-23-15-4-5-16-14(8-15)3-6-17(21)19-16/h4-5,8,12-13H,3,6-7,9-11H2,1-2H3,(H,19,21). The fourth-order valence-corrected chi connectivity index (χ4v) is 3.55. The van der Waals surface area contributed by atoms with E-state index in [2.05, 4.69) is 19.2 Å². The van der Waals surface area contributed by atoms with Crippen LogP contribution in [0, 0.1) is 11.8 Å². The molecule has 0 spiro atoms. The molecule has 0 bridgehead atoms. The number of nitrogens with one attached hydrogen (secondary N) is 1. The van der Waals surface area contributed by atoms with E-state index >= 15 is 0 Å². The minimum atomic E-state index is 0.0504. The van der Waals surface area contributed by atoms with Crippen molar-refractivity contribution < 1.29 is 14.3 Å². The van der Waals surface area contributed by atoms with Crippen LogP contribution in [0.2, 0.25) is 0 Å². The van der Waals surface area contributed by atoms with Gasteiger partial charge in [0.15, 0.2) is 6.61 Å². The third-order valence-electron chi connectivity index (χ3n) is 4.56. The molecule has 0 radical (unpaired) electrons. The van der Waals surface area contributed by atoms with Crippen LogP contribution >= 0.6 is 0 Å². The predicted molar refractivity (Wildman–Crippen MR) is 88.4 cm³/mol. The molecule has 5 heteroatoms. The number of likely N-dealkylation sites (tertiary alicyclic amines) is 1. The minimum Gasteiger partial charge on any atom is -0.484 e. The normalized spacial score (nSPS) is 23.9. The summed E-state index contributed by atoms with van der Waals surface area (Å²) >= 11 is 0. The highest BCUT2D eigenvalue weighted by Gasteiger charge is 2.25. The topological polar surface area (TPSA) is 58.6 Å².